The van der Waals surface area contributed by atoms with E-state index in [9.17, 15) is 13.2 Å². The molecule has 0 aliphatic rings. The van der Waals surface area contributed by atoms with Crippen molar-refractivity contribution in [3.63, 3.8) is 0 Å². The summed E-state index contributed by atoms with van der Waals surface area (Å²) in [4.78, 5) is 13.1. The lowest BCUT2D eigenvalue weighted by atomic mass is 10.2. The van der Waals surface area contributed by atoms with Crippen molar-refractivity contribution in [2.75, 3.05) is 6.54 Å². The van der Waals surface area contributed by atoms with Crippen LogP contribution in [0.15, 0.2) is 63.4 Å². The molecule has 1 N–H and O–H groups in total. The van der Waals surface area contributed by atoms with Crippen molar-refractivity contribution in [3.05, 3.63) is 75.9 Å². The summed E-state index contributed by atoms with van der Waals surface area (Å²) < 4.78 is 31.7. The molecule has 0 fully saturated rings. The highest BCUT2D eigenvalue weighted by Gasteiger charge is 2.32. The molecule has 2 heterocycles. The molecule has 5 nitrogen and oxygen atoms in total. The quantitative estimate of drug-likeness (QED) is 0.694. The lowest BCUT2D eigenvalue weighted by Crippen LogP contribution is -2.31. The lowest BCUT2D eigenvalue weighted by molar-refractivity contribution is 0.0926. The number of furan rings is 1. The van der Waals surface area contributed by atoms with Gasteiger partial charge >= 0.3 is 0 Å². The van der Waals surface area contributed by atoms with Crippen LogP contribution in [0.4, 0.5) is 0 Å². The first-order chi connectivity index (χ1) is 12.4. The molecule has 0 aliphatic heterocycles. The summed E-state index contributed by atoms with van der Waals surface area (Å²) in [6, 6.07) is 12.1. The minimum atomic E-state index is -3.68. The molecule has 1 aromatic carbocycles. The maximum atomic E-state index is 13.3. The van der Waals surface area contributed by atoms with Gasteiger partial charge in [-0.15, -0.1) is 11.3 Å². The highest BCUT2D eigenvalue weighted by Crippen LogP contribution is 2.33. The first kappa shape index (κ1) is 18.4. The molecule has 0 radical (unpaired) electrons. The summed E-state index contributed by atoms with van der Waals surface area (Å²) >= 11 is 1.36. The second kappa shape index (κ2) is 7.47. The zero-order valence-electron chi connectivity index (χ0n) is 14.4. The van der Waals surface area contributed by atoms with Crippen molar-refractivity contribution < 1.29 is 17.6 Å². The molecule has 136 valence electrons. The Morgan fingerprint density at radius 2 is 2.00 bits per heavy atom. The summed E-state index contributed by atoms with van der Waals surface area (Å²) in [7, 11) is -3.68. The molecule has 3 rings (SSSR count). The van der Waals surface area contributed by atoms with Crippen LogP contribution in [0.2, 0.25) is 0 Å². The fourth-order valence-corrected chi connectivity index (χ4v) is 5.80. The highest BCUT2D eigenvalue weighted by molar-refractivity contribution is 7.92. The minimum absolute atomic E-state index is 0.0320. The molecule has 0 bridgehead atoms. The third-order valence-electron chi connectivity index (χ3n) is 4.08. The second-order valence-corrected chi connectivity index (χ2v) is 9.08. The van der Waals surface area contributed by atoms with Gasteiger partial charge < -0.3 is 9.73 Å². The maximum absolute atomic E-state index is 13.3. The van der Waals surface area contributed by atoms with E-state index in [0.717, 1.165) is 5.56 Å². The molecule has 26 heavy (non-hydrogen) atoms. The third-order valence-corrected chi connectivity index (χ3v) is 7.44. The largest absolute Gasteiger partial charge is 0.459 e. The first-order valence-corrected chi connectivity index (χ1v) is 10.5. The summed E-state index contributed by atoms with van der Waals surface area (Å²) in [5.74, 6) is -0.285. The van der Waals surface area contributed by atoms with E-state index in [1.165, 1.54) is 23.7 Å². The number of hydrogen-bond donors (Lipinski definition) is 1. The van der Waals surface area contributed by atoms with E-state index in [0.29, 0.717) is 15.3 Å². The van der Waals surface area contributed by atoms with Gasteiger partial charge in [0.1, 0.15) is 5.25 Å². The average molecular weight is 389 g/mol. The Kier molecular flexibility index (Phi) is 5.29. The fourth-order valence-electron chi connectivity index (χ4n) is 2.69. The number of sulfone groups is 1. The van der Waals surface area contributed by atoms with Crippen molar-refractivity contribution in [2.45, 2.75) is 24.0 Å². The number of carbonyl (C=O) groups excluding carboxylic acids is 1. The van der Waals surface area contributed by atoms with E-state index in [4.69, 9.17) is 4.42 Å². The van der Waals surface area contributed by atoms with Gasteiger partial charge in [0.15, 0.2) is 15.6 Å². The Hall–Kier alpha value is -2.38. The van der Waals surface area contributed by atoms with Crippen molar-refractivity contribution in [2.24, 2.45) is 0 Å². The topological polar surface area (TPSA) is 76.4 Å². The van der Waals surface area contributed by atoms with E-state index in [1.807, 2.05) is 18.4 Å². The number of aryl methyl sites for hydroxylation is 2. The molecular weight excluding hydrogens is 370 g/mol. The number of benzene rings is 1. The monoisotopic (exact) mass is 389 g/mol. The van der Waals surface area contributed by atoms with E-state index in [2.05, 4.69) is 5.32 Å². The van der Waals surface area contributed by atoms with Crippen LogP contribution in [-0.2, 0) is 9.84 Å². The van der Waals surface area contributed by atoms with Gasteiger partial charge in [0, 0.05) is 11.4 Å². The maximum Gasteiger partial charge on any atom is 0.287 e. The summed E-state index contributed by atoms with van der Waals surface area (Å²) in [5, 5.41) is 3.65. The molecule has 0 saturated heterocycles. The van der Waals surface area contributed by atoms with E-state index in [1.54, 1.807) is 37.3 Å². The molecule has 0 unspecified atom stereocenters. The van der Waals surface area contributed by atoms with Crippen LogP contribution in [0.1, 0.15) is 31.8 Å². The standard InChI is InChI=1S/C19H19NO4S2/c1-13-7-8-14(2)17(11-13)26(22,23)18(16-6-4-10-25-16)12-20-19(21)15-5-3-9-24-15/h3-11,18H,12H2,1-2H3,(H,20,21)/t18-/m1/s1. The molecule has 0 saturated carbocycles. The van der Waals surface area contributed by atoms with Crippen molar-refractivity contribution in [1.29, 1.82) is 0 Å². The number of rotatable bonds is 6. The highest BCUT2D eigenvalue weighted by atomic mass is 32.2. The van der Waals surface area contributed by atoms with Gasteiger partial charge in [-0.25, -0.2) is 8.42 Å². The first-order valence-electron chi connectivity index (χ1n) is 8.06. The van der Waals surface area contributed by atoms with Crippen LogP contribution < -0.4 is 5.32 Å². The van der Waals surface area contributed by atoms with Crippen LogP contribution >= 0.6 is 11.3 Å². The van der Waals surface area contributed by atoms with Crippen LogP contribution in [0.5, 0.6) is 0 Å². The zero-order chi connectivity index (χ0) is 18.7. The van der Waals surface area contributed by atoms with Gasteiger partial charge in [-0.3, -0.25) is 4.79 Å². The van der Waals surface area contributed by atoms with Crippen LogP contribution in [-0.4, -0.2) is 20.9 Å². The van der Waals surface area contributed by atoms with Gasteiger partial charge in [-0.1, -0.05) is 18.2 Å². The van der Waals surface area contributed by atoms with Crippen LogP contribution in [0.25, 0.3) is 0 Å². The summed E-state index contributed by atoms with van der Waals surface area (Å²) in [6.45, 7) is 3.60. The van der Waals surface area contributed by atoms with Gasteiger partial charge in [0.25, 0.3) is 5.91 Å². The smallest absolute Gasteiger partial charge is 0.287 e. The van der Waals surface area contributed by atoms with Gasteiger partial charge in [-0.05, 0) is 54.6 Å². The number of carbonyl (C=O) groups is 1. The summed E-state index contributed by atoms with van der Waals surface area (Å²) in [5.41, 5.74) is 1.56. The second-order valence-electron chi connectivity index (χ2n) is 6.01. The average Bonchev–Trinajstić information content (AvgIpc) is 3.30. The molecule has 1 amide bonds. The normalized spacial score (nSPS) is 12.7. The minimum Gasteiger partial charge on any atom is -0.459 e. The third kappa shape index (κ3) is 3.73. The molecular formula is C19H19NO4S2. The number of hydrogen-bond acceptors (Lipinski definition) is 5. The van der Waals surface area contributed by atoms with Gasteiger partial charge in [0.2, 0.25) is 0 Å². The van der Waals surface area contributed by atoms with E-state index in [-0.39, 0.29) is 12.3 Å². The number of thiophene rings is 1. The molecule has 7 heteroatoms. The van der Waals surface area contributed by atoms with Gasteiger partial charge in [0.05, 0.1) is 11.2 Å². The molecule has 3 aromatic rings. The Labute approximate surface area is 156 Å². The lowest BCUT2D eigenvalue weighted by Gasteiger charge is -2.19. The molecule has 2 aromatic heterocycles. The van der Waals surface area contributed by atoms with Crippen molar-refractivity contribution in [1.82, 2.24) is 5.32 Å². The summed E-state index contributed by atoms with van der Waals surface area (Å²) in [6.07, 6.45) is 1.40. The molecule has 1 atom stereocenters. The molecule has 0 spiro atoms. The van der Waals surface area contributed by atoms with Crippen molar-refractivity contribution >= 4 is 27.1 Å². The Morgan fingerprint density at radius 1 is 1.19 bits per heavy atom. The number of amides is 1. The van der Waals surface area contributed by atoms with E-state index < -0.39 is 21.0 Å². The van der Waals surface area contributed by atoms with Gasteiger partial charge in [-0.2, -0.15) is 0 Å². The zero-order valence-corrected chi connectivity index (χ0v) is 16.1. The predicted molar refractivity (Wildman–Crippen MR) is 101 cm³/mol. The van der Waals surface area contributed by atoms with Crippen LogP contribution in [0, 0.1) is 13.8 Å². The van der Waals surface area contributed by atoms with E-state index >= 15 is 0 Å². The molecule has 0 aliphatic carbocycles. The Morgan fingerprint density at radius 3 is 2.65 bits per heavy atom. The predicted octanol–water partition coefficient (Wildman–Crippen LogP) is 3.90. The SMILES string of the molecule is Cc1ccc(C)c(S(=O)(=O)[C@H](CNC(=O)c2ccco2)c2cccs2)c1. The fraction of sp³-hybridized carbons (Fsp3) is 0.211. The Bertz CT molecular complexity index is 990. The number of nitrogens with one attached hydrogen (secondary N) is 1. The Balaban J connectivity index is 1.93. The van der Waals surface area contributed by atoms with Crippen molar-refractivity contribution in [3.8, 4) is 0 Å². The van der Waals surface area contributed by atoms with Crippen LogP contribution in [0.3, 0.4) is 0 Å².